The number of aryl methyl sites for hydroxylation is 1. The molecule has 8 heteroatoms. The second kappa shape index (κ2) is 8.64. The molecule has 0 saturated carbocycles. The molecule has 0 aromatic carbocycles. The summed E-state index contributed by atoms with van der Waals surface area (Å²) in [6.45, 7) is 8.67. The van der Waals surface area contributed by atoms with Crippen LogP contribution in [0.2, 0.25) is 0 Å². The summed E-state index contributed by atoms with van der Waals surface area (Å²) in [7, 11) is 0. The average Bonchev–Trinajstić information content (AvgIpc) is 3.16. The first kappa shape index (κ1) is 21.1. The maximum Gasteiger partial charge on any atom is 0.259 e. The van der Waals surface area contributed by atoms with Crippen LogP contribution in [0.1, 0.15) is 55.4 Å². The van der Waals surface area contributed by atoms with Crippen molar-refractivity contribution in [3.8, 4) is 0 Å². The molecule has 0 spiro atoms. The SMILES string of the molecule is CC1CCc2c(sc3nc(C(C)N4CCCC(C(=O)N5CCOCC5)C4)[nH]c(=O)c23)C1. The number of carbonyl (C=O) groups excluding carboxylic acids is 1. The van der Waals surface area contributed by atoms with E-state index >= 15 is 0 Å². The van der Waals surface area contributed by atoms with E-state index in [-0.39, 0.29) is 23.4 Å². The maximum absolute atomic E-state index is 13.0. The Balaban J connectivity index is 1.36. The molecule has 2 saturated heterocycles. The van der Waals surface area contributed by atoms with Crippen LogP contribution in [0.5, 0.6) is 0 Å². The maximum atomic E-state index is 13.0. The molecule has 2 aliphatic heterocycles. The van der Waals surface area contributed by atoms with Crippen LogP contribution in [0.25, 0.3) is 10.2 Å². The second-order valence-corrected chi connectivity index (χ2v) is 10.5. The normalized spacial score (nSPS) is 26.1. The Morgan fingerprint density at radius 2 is 2.06 bits per heavy atom. The fourth-order valence-corrected chi connectivity index (χ4v) is 6.73. The highest BCUT2D eigenvalue weighted by molar-refractivity contribution is 7.18. The van der Waals surface area contributed by atoms with E-state index < -0.39 is 0 Å². The molecule has 3 aliphatic rings. The summed E-state index contributed by atoms with van der Waals surface area (Å²) in [6.07, 6.45) is 5.09. The van der Waals surface area contributed by atoms with Gasteiger partial charge in [0.1, 0.15) is 10.7 Å². The lowest BCUT2D eigenvalue weighted by molar-refractivity contribution is -0.141. The predicted molar refractivity (Wildman–Crippen MR) is 122 cm³/mol. The monoisotopic (exact) mass is 444 g/mol. The zero-order valence-corrected chi connectivity index (χ0v) is 19.3. The highest BCUT2D eigenvalue weighted by Crippen LogP contribution is 2.36. The molecular weight excluding hydrogens is 412 g/mol. The van der Waals surface area contributed by atoms with E-state index in [1.807, 2.05) is 4.90 Å². The highest BCUT2D eigenvalue weighted by Gasteiger charge is 2.33. The number of nitrogens with zero attached hydrogens (tertiary/aromatic N) is 3. The van der Waals surface area contributed by atoms with Crippen LogP contribution in [-0.4, -0.2) is 65.1 Å². The first-order chi connectivity index (χ1) is 15.0. The zero-order chi connectivity index (χ0) is 21.5. The number of morpholine rings is 1. The number of rotatable bonds is 3. The summed E-state index contributed by atoms with van der Waals surface area (Å²) < 4.78 is 5.39. The van der Waals surface area contributed by atoms with E-state index in [1.165, 1.54) is 10.4 Å². The number of fused-ring (bicyclic) bond motifs is 3. The van der Waals surface area contributed by atoms with Crippen molar-refractivity contribution < 1.29 is 9.53 Å². The van der Waals surface area contributed by atoms with Gasteiger partial charge in [-0.1, -0.05) is 6.92 Å². The summed E-state index contributed by atoms with van der Waals surface area (Å²) in [4.78, 5) is 40.5. The van der Waals surface area contributed by atoms with Crippen LogP contribution < -0.4 is 5.56 Å². The van der Waals surface area contributed by atoms with Gasteiger partial charge in [0.15, 0.2) is 0 Å². The van der Waals surface area contributed by atoms with Crippen molar-refractivity contribution in [3.63, 3.8) is 0 Å². The molecule has 2 aromatic rings. The third-order valence-electron chi connectivity index (χ3n) is 7.25. The zero-order valence-electron chi connectivity index (χ0n) is 18.5. The molecule has 168 valence electrons. The molecule has 5 rings (SSSR count). The molecule has 3 unspecified atom stereocenters. The number of H-pyrrole nitrogens is 1. The molecule has 1 N–H and O–H groups in total. The minimum atomic E-state index is -0.0181. The van der Waals surface area contributed by atoms with Gasteiger partial charge in [0.25, 0.3) is 5.56 Å². The molecule has 0 radical (unpaired) electrons. The molecule has 2 fully saturated rings. The molecule has 1 aliphatic carbocycles. The Kier molecular flexibility index (Phi) is 5.88. The Hall–Kier alpha value is -1.77. The second-order valence-electron chi connectivity index (χ2n) is 9.43. The van der Waals surface area contributed by atoms with Gasteiger partial charge >= 0.3 is 0 Å². The average molecular weight is 445 g/mol. The lowest BCUT2D eigenvalue weighted by Gasteiger charge is -2.38. The molecule has 4 heterocycles. The molecule has 3 atom stereocenters. The number of aromatic nitrogens is 2. The standard InChI is InChI=1S/C23H32N4O3S/c1-14-5-6-17-18(12-14)31-22-19(17)21(28)24-20(25-22)15(2)27-7-3-4-16(13-27)23(29)26-8-10-30-11-9-26/h14-16H,3-13H2,1-2H3,(H,24,25,28). The quantitative estimate of drug-likeness (QED) is 0.788. The summed E-state index contributed by atoms with van der Waals surface area (Å²) in [5, 5.41) is 0.807. The number of likely N-dealkylation sites (tertiary alicyclic amines) is 1. The number of hydrogen-bond acceptors (Lipinski definition) is 6. The van der Waals surface area contributed by atoms with Crippen LogP contribution >= 0.6 is 11.3 Å². The number of aromatic amines is 1. The van der Waals surface area contributed by atoms with Gasteiger partial charge in [0, 0.05) is 24.5 Å². The summed E-state index contributed by atoms with van der Waals surface area (Å²) >= 11 is 1.70. The summed E-state index contributed by atoms with van der Waals surface area (Å²) in [6, 6.07) is -0.0181. The van der Waals surface area contributed by atoms with Gasteiger partial charge in [-0.15, -0.1) is 11.3 Å². The van der Waals surface area contributed by atoms with Crippen molar-refractivity contribution >= 4 is 27.5 Å². The third-order valence-corrected chi connectivity index (χ3v) is 8.40. The first-order valence-corrected chi connectivity index (χ1v) is 12.5. The smallest absolute Gasteiger partial charge is 0.259 e. The van der Waals surface area contributed by atoms with Crippen molar-refractivity contribution in [1.29, 1.82) is 0 Å². The fourth-order valence-electron chi connectivity index (χ4n) is 5.34. The fraction of sp³-hybridized carbons (Fsp3) is 0.696. The van der Waals surface area contributed by atoms with Gasteiger partial charge in [-0.05, 0) is 57.1 Å². The Bertz CT molecular complexity index is 1030. The van der Waals surface area contributed by atoms with E-state index in [1.54, 1.807) is 11.3 Å². The summed E-state index contributed by atoms with van der Waals surface area (Å²) in [5.74, 6) is 1.66. The van der Waals surface area contributed by atoms with Crippen molar-refractivity contribution in [2.24, 2.45) is 11.8 Å². The molecule has 0 bridgehead atoms. The van der Waals surface area contributed by atoms with Gasteiger partial charge in [-0.3, -0.25) is 14.5 Å². The lowest BCUT2D eigenvalue weighted by atomic mass is 9.89. The van der Waals surface area contributed by atoms with Crippen molar-refractivity contribution in [2.75, 3.05) is 39.4 Å². The predicted octanol–water partition coefficient (Wildman–Crippen LogP) is 2.74. The number of hydrogen-bond donors (Lipinski definition) is 1. The molecule has 1 amide bonds. The minimum Gasteiger partial charge on any atom is -0.378 e. The van der Waals surface area contributed by atoms with E-state index in [0.717, 1.165) is 61.2 Å². The van der Waals surface area contributed by atoms with E-state index in [9.17, 15) is 9.59 Å². The van der Waals surface area contributed by atoms with Crippen molar-refractivity contribution in [1.82, 2.24) is 19.8 Å². The molecule has 2 aromatic heterocycles. The molecule has 31 heavy (non-hydrogen) atoms. The number of thiophene rings is 1. The number of carbonyl (C=O) groups is 1. The van der Waals surface area contributed by atoms with Crippen LogP contribution in [0.15, 0.2) is 4.79 Å². The van der Waals surface area contributed by atoms with Gasteiger partial charge < -0.3 is 14.6 Å². The Morgan fingerprint density at radius 3 is 2.87 bits per heavy atom. The molecule has 7 nitrogen and oxygen atoms in total. The van der Waals surface area contributed by atoms with Gasteiger partial charge in [-0.25, -0.2) is 4.98 Å². The minimum absolute atomic E-state index is 0.00291. The van der Waals surface area contributed by atoms with Crippen LogP contribution in [0, 0.1) is 11.8 Å². The number of nitrogens with one attached hydrogen (secondary N) is 1. The van der Waals surface area contributed by atoms with Crippen LogP contribution in [0.4, 0.5) is 0 Å². The molecular formula is C23H32N4O3S. The van der Waals surface area contributed by atoms with Gasteiger partial charge in [-0.2, -0.15) is 0 Å². The van der Waals surface area contributed by atoms with Gasteiger partial charge in [0.2, 0.25) is 5.91 Å². The van der Waals surface area contributed by atoms with Crippen LogP contribution in [0.3, 0.4) is 0 Å². The topological polar surface area (TPSA) is 78.5 Å². The van der Waals surface area contributed by atoms with E-state index in [0.29, 0.717) is 32.2 Å². The first-order valence-electron chi connectivity index (χ1n) is 11.7. The number of ether oxygens (including phenoxy) is 1. The number of amides is 1. The van der Waals surface area contributed by atoms with Crippen molar-refractivity contribution in [2.45, 2.75) is 52.0 Å². The number of piperidine rings is 1. The third kappa shape index (κ3) is 4.05. The van der Waals surface area contributed by atoms with Gasteiger partial charge in [0.05, 0.1) is 30.6 Å². The summed E-state index contributed by atoms with van der Waals surface area (Å²) in [5.41, 5.74) is 1.22. The lowest BCUT2D eigenvalue weighted by Crippen LogP contribution is -2.48. The Morgan fingerprint density at radius 1 is 1.26 bits per heavy atom. The van der Waals surface area contributed by atoms with Crippen LogP contribution in [-0.2, 0) is 22.4 Å². The Labute approximate surface area is 186 Å². The van der Waals surface area contributed by atoms with Crippen molar-refractivity contribution in [3.05, 3.63) is 26.6 Å². The largest absolute Gasteiger partial charge is 0.378 e. The van der Waals surface area contributed by atoms with E-state index in [2.05, 4.69) is 23.7 Å². The van der Waals surface area contributed by atoms with E-state index in [4.69, 9.17) is 9.72 Å². The highest BCUT2D eigenvalue weighted by atomic mass is 32.1.